The fourth-order valence-electron chi connectivity index (χ4n) is 2.15. The maximum atomic E-state index is 12.1. The number of nitrogens with zero attached hydrogens (tertiary/aromatic N) is 2. The van der Waals surface area contributed by atoms with Crippen LogP contribution in [0.5, 0.6) is 0 Å². The minimum absolute atomic E-state index is 0.146. The van der Waals surface area contributed by atoms with E-state index in [0.717, 1.165) is 38.9 Å². The summed E-state index contributed by atoms with van der Waals surface area (Å²) in [5, 5.41) is 4.35. The van der Waals surface area contributed by atoms with Crippen LogP contribution >= 0.6 is 0 Å². The molecule has 1 aliphatic heterocycles. The molecule has 17 heavy (non-hydrogen) atoms. The van der Waals surface area contributed by atoms with Crippen LogP contribution in [-0.2, 0) is 4.74 Å². The third-order valence-corrected chi connectivity index (χ3v) is 3.15. The monoisotopic (exact) mass is 239 g/mol. The third-order valence-electron chi connectivity index (χ3n) is 3.15. The molecule has 0 spiro atoms. The summed E-state index contributed by atoms with van der Waals surface area (Å²) in [5.41, 5.74) is -0.399. The van der Waals surface area contributed by atoms with E-state index in [9.17, 15) is 4.79 Å². The van der Waals surface area contributed by atoms with Crippen LogP contribution in [-0.4, -0.2) is 42.3 Å². The highest BCUT2D eigenvalue weighted by Crippen LogP contribution is 2.30. The standard InChI is InChI=1S/C13H23N2O2/c1-13(2,3)17-12(16)15(11-4-5-11)9-10-6-7-14-8-10/h10-11H,4-9H2,1-3H3. The molecule has 0 aromatic carbocycles. The van der Waals surface area contributed by atoms with Crippen molar-refractivity contribution in [1.82, 2.24) is 10.2 Å². The van der Waals surface area contributed by atoms with Crippen molar-refractivity contribution in [2.24, 2.45) is 5.92 Å². The van der Waals surface area contributed by atoms with E-state index in [-0.39, 0.29) is 6.09 Å². The van der Waals surface area contributed by atoms with Gasteiger partial charge in [-0.25, -0.2) is 10.1 Å². The highest BCUT2D eigenvalue weighted by molar-refractivity contribution is 5.69. The molecule has 1 atom stereocenters. The number of carbonyl (C=O) groups excluding carboxylic acids is 1. The first kappa shape index (κ1) is 12.7. The second kappa shape index (κ2) is 4.84. The Labute approximate surface area is 104 Å². The second-order valence-corrected chi connectivity index (χ2v) is 6.15. The van der Waals surface area contributed by atoms with E-state index in [1.165, 1.54) is 0 Å². The summed E-state index contributed by atoms with van der Waals surface area (Å²) < 4.78 is 5.47. The largest absolute Gasteiger partial charge is 0.444 e. The first-order valence-corrected chi connectivity index (χ1v) is 6.58. The zero-order valence-electron chi connectivity index (χ0n) is 11.1. The number of amides is 1. The Bertz CT molecular complexity index is 276. The van der Waals surface area contributed by atoms with Gasteiger partial charge in [0.25, 0.3) is 0 Å². The lowest BCUT2D eigenvalue weighted by molar-refractivity contribution is 0.0207. The predicted molar refractivity (Wildman–Crippen MR) is 65.9 cm³/mol. The molecule has 0 aromatic heterocycles. The van der Waals surface area contributed by atoms with Crippen LogP contribution in [0.2, 0.25) is 0 Å². The number of ether oxygens (including phenoxy) is 1. The molecular formula is C13H23N2O2. The van der Waals surface area contributed by atoms with Gasteiger partial charge in [0.1, 0.15) is 5.60 Å². The van der Waals surface area contributed by atoms with Crippen LogP contribution in [0, 0.1) is 5.92 Å². The summed E-state index contributed by atoms with van der Waals surface area (Å²) in [5.74, 6) is 0.545. The van der Waals surface area contributed by atoms with E-state index in [1.807, 2.05) is 25.7 Å². The number of rotatable bonds is 3. The van der Waals surface area contributed by atoms with Gasteiger partial charge in [-0.05, 0) is 46.0 Å². The van der Waals surface area contributed by atoms with Gasteiger partial charge in [-0.1, -0.05) is 0 Å². The highest BCUT2D eigenvalue weighted by Gasteiger charge is 2.36. The van der Waals surface area contributed by atoms with E-state index < -0.39 is 5.60 Å². The van der Waals surface area contributed by atoms with Crippen LogP contribution in [0.15, 0.2) is 0 Å². The molecular weight excluding hydrogens is 216 g/mol. The number of hydrogen-bond donors (Lipinski definition) is 0. The van der Waals surface area contributed by atoms with Crippen molar-refractivity contribution in [1.29, 1.82) is 0 Å². The van der Waals surface area contributed by atoms with Gasteiger partial charge in [-0.2, -0.15) is 0 Å². The molecule has 0 N–H and O–H groups in total. The predicted octanol–water partition coefficient (Wildman–Crippen LogP) is 2.01. The van der Waals surface area contributed by atoms with Gasteiger partial charge in [0, 0.05) is 25.7 Å². The van der Waals surface area contributed by atoms with Gasteiger partial charge in [0.2, 0.25) is 0 Å². The minimum atomic E-state index is -0.399. The Morgan fingerprint density at radius 1 is 1.35 bits per heavy atom. The van der Waals surface area contributed by atoms with Crippen LogP contribution in [0.3, 0.4) is 0 Å². The first-order chi connectivity index (χ1) is 7.96. The molecule has 2 rings (SSSR count). The topological polar surface area (TPSA) is 43.6 Å². The smallest absolute Gasteiger partial charge is 0.410 e. The molecule has 1 radical (unpaired) electrons. The molecule has 2 fully saturated rings. The average molecular weight is 239 g/mol. The first-order valence-electron chi connectivity index (χ1n) is 6.58. The van der Waals surface area contributed by atoms with E-state index in [4.69, 9.17) is 4.74 Å². The fraction of sp³-hybridized carbons (Fsp3) is 0.923. The normalized spacial score (nSPS) is 24.8. The zero-order valence-corrected chi connectivity index (χ0v) is 11.1. The molecule has 97 valence electrons. The summed E-state index contributed by atoms with van der Waals surface area (Å²) in [6.07, 6.45) is 3.23. The lowest BCUT2D eigenvalue weighted by Gasteiger charge is -2.29. The average Bonchev–Trinajstić information content (AvgIpc) is 2.89. The van der Waals surface area contributed by atoms with Crippen molar-refractivity contribution in [3.63, 3.8) is 0 Å². The molecule has 0 bridgehead atoms. The second-order valence-electron chi connectivity index (χ2n) is 6.15. The van der Waals surface area contributed by atoms with Crippen molar-refractivity contribution in [2.45, 2.75) is 51.7 Å². The Kier molecular flexibility index (Phi) is 3.61. The summed E-state index contributed by atoms with van der Waals surface area (Å²) in [7, 11) is 0. The quantitative estimate of drug-likeness (QED) is 0.756. The maximum Gasteiger partial charge on any atom is 0.410 e. The molecule has 1 aliphatic carbocycles. The SMILES string of the molecule is CC(C)(C)OC(=O)N(CC1CC[N]C1)C1CC1. The Morgan fingerprint density at radius 2 is 2.06 bits per heavy atom. The Hall–Kier alpha value is -0.770. The molecule has 0 aromatic rings. The van der Waals surface area contributed by atoms with Crippen LogP contribution in [0.25, 0.3) is 0 Å². The molecule has 4 nitrogen and oxygen atoms in total. The van der Waals surface area contributed by atoms with E-state index in [1.54, 1.807) is 0 Å². The molecule has 1 saturated heterocycles. The fourth-order valence-corrected chi connectivity index (χ4v) is 2.15. The van der Waals surface area contributed by atoms with Crippen molar-refractivity contribution in [3.8, 4) is 0 Å². The van der Waals surface area contributed by atoms with E-state index in [0.29, 0.717) is 12.0 Å². The summed E-state index contributed by atoms with van der Waals surface area (Å²) in [6, 6.07) is 0.422. The Morgan fingerprint density at radius 3 is 2.53 bits per heavy atom. The van der Waals surface area contributed by atoms with E-state index >= 15 is 0 Å². The zero-order chi connectivity index (χ0) is 12.5. The van der Waals surface area contributed by atoms with Crippen molar-refractivity contribution >= 4 is 6.09 Å². The summed E-state index contributed by atoms with van der Waals surface area (Å²) >= 11 is 0. The molecule has 4 heteroatoms. The highest BCUT2D eigenvalue weighted by atomic mass is 16.6. The van der Waals surface area contributed by atoms with Gasteiger partial charge in [-0.15, -0.1) is 0 Å². The van der Waals surface area contributed by atoms with Crippen LogP contribution in [0.4, 0.5) is 4.79 Å². The number of hydrogen-bond acceptors (Lipinski definition) is 2. The van der Waals surface area contributed by atoms with Gasteiger partial charge < -0.3 is 9.64 Å². The molecule has 1 unspecified atom stereocenters. The number of carbonyl (C=O) groups is 1. The minimum Gasteiger partial charge on any atom is -0.444 e. The maximum absolute atomic E-state index is 12.1. The molecule has 1 amide bonds. The van der Waals surface area contributed by atoms with Gasteiger partial charge >= 0.3 is 6.09 Å². The molecule has 1 saturated carbocycles. The molecule has 2 aliphatic rings. The van der Waals surface area contributed by atoms with Crippen LogP contribution in [0.1, 0.15) is 40.0 Å². The third kappa shape index (κ3) is 3.87. The van der Waals surface area contributed by atoms with E-state index in [2.05, 4.69) is 5.32 Å². The summed E-state index contributed by atoms with van der Waals surface area (Å²) in [4.78, 5) is 14.0. The Balaban J connectivity index is 1.89. The lowest BCUT2D eigenvalue weighted by atomic mass is 10.1. The van der Waals surface area contributed by atoms with Crippen molar-refractivity contribution in [3.05, 3.63) is 0 Å². The van der Waals surface area contributed by atoms with Crippen molar-refractivity contribution in [2.75, 3.05) is 19.6 Å². The van der Waals surface area contributed by atoms with Gasteiger partial charge in [0.05, 0.1) is 0 Å². The van der Waals surface area contributed by atoms with Crippen LogP contribution < -0.4 is 5.32 Å². The lowest BCUT2D eigenvalue weighted by Crippen LogP contribution is -2.41. The van der Waals surface area contributed by atoms with Gasteiger partial charge in [0.15, 0.2) is 0 Å². The molecule has 1 heterocycles. The van der Waals surface area contributed by atoms with Crippen molar-refractivity contribution < 1.29 is 9.53 Å². The van der Waals surface area contributed by atoms with Gasteiger partial charge in [-0.3, -0.25) is 0 Å². The summed E-state index contributed by atoms with van der Waals surface area (Å²) in [6.45, 7) is 8.44.